The first-order valence-electron chi connectivity index (χ1n) is 8.68. The number of hydrogen-bond acceptors (Lipinski definition) is 1. The van der Waals surface area contributed by atoms with Crippen LogP contribution < -0.4 is 24.0 Å². The fourth-order valence-electron chi connectivity index (χ4n) is 2.68. The maximum Gasteiger partial charge on any atom is 0.438 e. The Morgan fingerprint density at radius 1 is 0.514 bits per heavy atom. The third-order valence-corrected chi connectivity index (χ3v) is 4.50. The number of hydrogen-bond donors (Lipinski definition) is 1. The van der Waals surface area contributed by atoms with E-state index in [2.05, 4.69) is 0 Å². The molecule has 0 radical (unpaired) electrons. The Morgan fingerprint density at radius 2 is 0.784 bits per heavy atom. The second-order valence-electron chi connectivity index (χ2n) is 8.56. The number of likely N-dealkylation sites (N-methyl/N-ethyl adjacent to an activating group) is 1. The second kappa shape index (κ2) is 10.1. The largest absolute Gasteiger partial charge is 1.00 e. The molecule has 0 aliphatic heterocycles. The van der Waals surface area contributed by atoms with Crippen LogP contribution in [0.1, 0.15) is 6.42 Å². The molecule has 0 aromatic carbocycles. The van der Waals surface area contributed by atoms with Crippen LogP contribution in [0.3, 0.4) is 0 Å². The molecule has 1 N–H and O–H groups in total. The zero-order valence-electron chi connectivity index (χ0n) is 17.9. The van der Waals surface area contributed by atoms with Crippen LogP contribution in [-0.4, -0.2) is 96.9 Å². The summed E-state index contributed by atoms with van der Waals surface area (Å²) in [4.78, 5) is 0. The summed E-state index contributed by atoms with van der Waals surface area (Å²) in [5, 5.41) is 9.30. The van der Waals surface area contributed by atoms with Gasteiger partial charge in [0, 0.05) is 6.42 Å². The molecule has 1 unspecified atom stereocenters. The number of quaternary nitrogens is 1. The first-order valence-corrected chi connectivity index (χ1v) is 8.68. The summed E-state index contributed by atoms with van der Waals surface area (Å²) >= 11 is 0. The van der Waals surface area contributed by atoms with Crippen LogP contribution in [0.25, 0.3) is 0 Å². The summed E-state index contributed by atoms with van der Waals surface area (Å²) in [7, 11) is 3.19. The van der Waals surface area contributed by atoms with Crippen LogP contribution in [0.2, 0.25) is 0 Å². The van der Waals surface area contributed by atoms with E-state index >= 15 is 0 Å². The van der Waals surface area contributed by atoms with E-state index in [1.165, 1.54) is 0 Å². The smallest absolute Gasteiger partial charge is 0.438 e. The Bertz CT molecular complexity index is 768. The Hall–Kier alpha value is -0.680. The molecule has 0 amide bonds. The summed E-state index contributed by atoms with van der Waals surface area (Å²) in [6.07, 6.45) is -22.4. The zero-order valence-corrected chi connectivity index (χ0v) is 20.1. The molecule has 0 spiro atoms. The van der Waals surface area contributed by atoms with Crippen LogP contribution in [0, 0.1) is 0 Å². The minimum Gasteiger partial charge on any atom is -1.00 e. The first-order chi connectivity index (χ1) is 15.1. The molecule has 0 aromatic rings. The average Bonchev–Trinajstić information content (AvgIpc) is 2.55. The quantitative estimate of drug-likeness (QED) is 0.210. The molecule has 0 rings (SSSR count). The summed E-state index contributed by atoms with van der Waals surface area (Å²) < 4.78 is 251. The van der Waals surface area contributed by atoms with Crippen LogP contribution >= 0.6 is 0 Å². The molecule has 0 aromatic heterocycles. The van der Waals surface area contributed by atoms with Crippen LogP contribution in [0.15, 0.2) is 0 Å². The maximum absolute atomic E-state index is 13.8. The fourth-order valence-corrected chi connectivity index (χ4v) is 2.68. The molecule has 226 valence electrons. The molecule has 0 heterocycles. The van der Waals surface area contributed by atoms with Gasteiger partial charge in [-0.15, -0.1) is 0 Å². The Balaban J connectivity index is 0. The van der Waals surface area contributed by atoms with Crippen molar-refractivity contribution in [2.24, 2.45) is 0 Å². The summed E-state index contributed by atoms with van der Waals surface area (Å²) in [5.74, 6) is -50.2. The highest BCUT2D eigenvalue weighted by Crippen LogP contribution is 2.66. The van der Waals surface area contributed by atoms with Crippen molar-refractivity contribution in [1.29, 1.82) is 0 Å². The van der Waals surface area contributed by atoms with E-state index in [9.17, 15) is 88.5 Å². The van der Waals surface area contributed by atoms with Gasteiger partial charge in [-0.05, 0) is 0 Å². The van der Waals surface area contributed by atoms with E-state index in [1.54, 1.807) is 0 Å². The lowest BCUT2D eigenvalue weighted by atomic mass is 9.83. The predicted octanol–water partition coefficient (Wildman–Crippen LogP) is 3.09. The molecule has 0 fully saturated rings. The van der Waals surface area contributed by atoms with Crippen LogP contribution in [-0.2, 0) is 0 Å². The van der Waals surface area contributed by atoms with Gasteiger partial charge in [0.05, 0.1) is 21.1 Å². The van der Waals surface area contributed by atoms with Crippen molar-refractivity contribution >= 4 is 0 Å². The first kappa shape index (κ1) is 38.5. The van der Waals surface area contributed by atoms with Gasteiger partial charge in [-0.2, -0.15) is 79.0 Å². The Morgan fingerprint density at radius 3 is 1.05 bits per heavy atom. The molecule has 2 nitrogen and oxygen atoms in total. The molecule has 0 saturated carbocycles. The average molecular weight is 713 g/mol. The molecule has 0 bridgehead atoms. The van der Waals surface area contributed by atoms with E-state index in [-0.39, 0.29) is 24.0 Å². The molecule has 0 aliphatic carbocycles. The van der Waals surface area contributed by atoms with E-state index < -0.39 is 77.1 Å². The highest BCUT2D eigenvalue weighted by molar-refractivity contribution is 5.19. The normalized spacial score (nSPS) is 16.9. The highest BCUT2D eigenvalue weighted by Gasteiger charge is 2.98. The SMILES string of the molecule is C[N+](C)(C)CC(O)CC(F)(F)C(F)(F)C(F)(F)C(F)(F)C(F)(F)C(F)(F)C(F)(C(F)(F)F)C(F)(F)F.[I-]. The minimum absolute atomic E-state index is 0. The van der Waals surface area contributed by atoms with Crippen molar-refractivity contribution in [2.75, 3.05) is 27.7 Å². The summed E-state index contributed by atoms with van der Waals surface area (Å²) in [5.41, 5.74) is -8.76. The van der Waals surface area contributed by atoms with Gasteiger partial charge in [0.15, 0.2) is 0 Å². The van der Waals surface area contributed by atoms with Gasteiger partial charge >= 0.3 is 53.6 Å². The van der Waals surface area contributed by atoms with Gasteiger partial charge in [-0.3, -0.25) is 0 Å². The number of nitrogens with zero attached hydrogens (tertiary/aromatic N) is 1. The van der Waals surface area contributed by atoms with Gasteiger partial charge in [0.1, 0.15) is 12.6 Å². The zero-order chi connectivity index (χ0) is 30.0. The minimum atomic E-state index is -9.04. The molecule has 0 aliphatic rings. The molecule has 0 saturated heterocycles. The van der Waals surface area contributed by atoms with Gasteiger partial charge in [-0.1, -0.05) is 0 Å². The van der Waals surface area contributed by atoms with Gasteiger partial charge in [-0.25, -0.2) is 4.39 Å². The molecular formula is C15H15F19INO. The topological polar surface area (TPSA) is 20.2 Å². The summed E-state index contributed by atoms with van der Waals surface area (Å²) in [6, 6.07) is 0. The maximum atomic E-state index is 13.8. The number of alkyl halides is 19. The van der Waals surface area contributed by atoms with Crippen molar-refractivity contribution in [2.45, 2.75) is 66.1 Å². The van der Waals surface area contributed by atoms with E-state index in [1.807, 2.05) is 0 Å². The summed E-state index contributed by atoms with van der Waals surface area (Å²) in [6.45, 7) is -1.04. The Labute approximate surface area is 211 Å². The van der Waals surface area contributed by atoms with E-state index in [4.69, 9.17) is 0 Å². The van der Waals surface area contributed by atoms with Crippen LogP contribution in [0.5, 0.6) is 0 Å². The number of rotatable bonds is 10. The predicted molar refractivity (Wildman–Crippen MR) is 79.2 cm³/mol. The number of aliphatic hydroxyl groups excluding tert-OH is 1. The third kappa shape index (κ3) is 5.93. The molecule has 1 atom stereocenters. The lowest BCUT2D eigenvalue weighted by molar-refractivity contribution is -0.873. The third-order valence-electron chi connectivity index (χ3n) is 4.50. The second-order valence-corrected chi connectivity index (χ2v) is 8.56. The Kier molecular flexibility index (Phi) is 10.5. The number of aliphatic hydroxyl groups is 1. The van der Waals surface area contributed by atoms with E-state index in [0.29, 0.717) is 0 Å². The standard InChI is InChI=1S/C15H15F19NO.HI/c1-35(2,3)5-6(36)4-7(16,17)9(19,20)11(23,24)13(27,28)12(25,26)10(21,22)8(18,14(29,30)31)15(32,33)34;/h6,36H,4-5H2,1-3H3;1H/q+1;/p-1. The molecule has 37 heavy (non-hydrogen) atoms. The molecule has 22 heteroatoms. The molecular weight excluding hydrogens is 698 g/mol. The van der Waals surface area contributed by atoms with Crippen molar-refractivity contribution in [3.63, 3.8) is 0 Å². The number of halogens is 20. The van der Waals surface area contributed by atoms with Crippen molar-refractivity contribution in [3.05, 3.63) is 0 Å². The van der Waals surface area contributed by atoms with Gasteiger partial charge in [0.25, 0.3) is 0 Å². The van der Waals surface area contributed by atoms with Gasteiger partial charge in [0.2, 0.25) is 0 Å². The lowest BCUT2D eigenvalue weighted by Crippen LogP contribution is -3.00. The monoisotopic (exact) mass is 713 g/mol. The van der Waals surface area contributed by atoms with E-state index in [0.717, 1.165) is 21.1 Å². The lowest BCUT2D eigenvalue weighted by Gasteiger charge is -2.45. The van der Waals surface area contributed by atoms with Crippen molar-refractivity contribution < 1.29 is 117 Å². The fraction of sp³-hybridized carbons (Fsp3) is 1.00. The van der Waals surface area contributed by atoms with Gasteiger partial charge < -0.3 is 33.6 Å². The highest BCUT2D eigenvalue weighted by atomic mass is 127. The van der Waals surface area contributed by atoms with Crippen LogP contribution in [0.4, 0.5) is 83.4 Å². The van der Waals surface area contributed by atoms with Crippen molar-refractivity contribution in [3.8, 4) is 0 Å². The van der Waals surface area contributed by atoms with Crippen molar-refractivity contribution in [1.82, 2.24) is 0 Å².